The van der Waals surface area contributed by atoms with Gasteiger partial charge >= 0.3 is 0 Å². The lowest BCUT2D eigenvalue weighted by Crippen LogP contribution is -2.18. The molecule has 0 bridgehead atoms. The van der Waals surface area contributed by atoms with Crippen LogP contribution in [-0.2, 0) is 0 Å². The largest absolute Gasteiger partial charge is 0.114 e. The third kappa shape index (κ3) is 4.74. The number of rotatable bonds is 8. The van der Waals surface area contributed by atoms with Gasteiger partial charge in [0.25, 0.3) is 0 Å². The summed E-state index contributed by atoms with van der Waals surface area (Å²) in [7, 11) is 2.47. The number of hydrogen-bond donors (Lipinski definition) is 0. The zero-order valence-electron chi connectivity index (χ0n) is 10.0. The summed E-state index contributed by atoms with van der Waals surface area (Å²) in [5.41, 5.74) is 0. The maximum Gasteiger partial charge on any atom is 0.114 e. The van der Waals surface area contributed by atoms with Crippen LogP contribution in [0.1, 0.15) is 65.7 Å². The Bertz CT molecular complexity index is 104. The van der Waals surface area contributed by atoms with Crippen molar-refractivity contribution in [1.82, 2.24) is 0 Å². The van der Waals surface area contributed by atoms with E-state index in [2.05, 4.69) is 34.9 Å². The Labute approximate surface area is 85.7 Å². The molecule has 0 aliphatic rings. The molecule has 0 rings (SSSR count). The molecule has 0 amide bonds. The van der Waals surface area contributed by atoms with Gasteiger partial charge in [-0.2, -0.15) is 0 Å². The van der Waals surface area contributed by atoms with Gasteiger partial charge in [0.05, 0.1) is 0 Å². The summed E-state index contributed by atoms with van der Waals surface area (Å²) in [5.74, 6) is 0. The highest BCUT2D eigenvalue weighted by Gasteiger charge is 2.25. The quantitative estimate of drug-likeness (QED) is 0.476. The highest BCUT2D eigenvalue weighted by molar-refractivity contribution is 6.38. The minimum absolute atomic E-state index is 0.569. The van der Waals surface area contributed by atoms with Gasteiger partial charge in [-0.15, -0.1) is 0 Å². The Hall–Kier alpha value is 0.0649. The third-order valence-electron chi connectivity index (χ3n) is 3.14. The second-order valence-corrected chi connectivity index (χ2v) is 4.25. The fourth-order valence-electron chi connectivity index (χ4n) is 2.33. The van der Waals surface area contributed by atoms with Crippen LogP contribution in [0.2, 0.25) is 12.1 Å². The van der Waals surface area contributed by atoms with Gasteiger partial charge in [0.15, 0.2) is 0 Å². The first-order chi connectivity index (χ1) is 6.24. The van der Waals surface area contributed by atoms with Gasteiger partial charge in [-0.05, 0) is 0 Å². The van der Waals surface area contributed by atoms with Gasteiger partial charge in [0, 0.05) is 0 Å². The first kappa shape index (κ1) is 13.1. The lowest BCUT2D eigenvalue weighted by molar-refractivity contribution is 0.416. The topological polar surface area (TPSA) is 0 Å². The standard InChI is InChI=1S/C12H26B/c1-5-8-11-12(13-4,9-6-2)10-7-3/h5-11H2,1-4H3. The van der Waals surface area contributed by atoms with Crippen molar-refractivity contribution in [2.24, 2.45) is 0 Å². The number of unbranched alkanes of at least 4 members (excludes halogenated alkanes) is 1. The van der Waals surface area contributed by atoms with E-state index in [1.165, 1.54) is 44.9 Å². The first-order valence-corrected chi connectivity index (χ1v) is 6.05. The van der Waals surface area contributed by atoms with E-state index in [4.69, 9.17) is 0 Å². The summed E-state index contributed by atoms with van der Waals surface area (Å²) in [6.07, 6.45) is 9.56. The van der Waals surface area contributed by atoms with E-state index in [0.717, 1.165) is 0 Å². The van der Waals surface area contributed by atoms with Crippen molar-refractivity contribution >= 4 is 7.28 Å². The second-order valence-electron chi connectivity index (χ2n) is 4.25. The van der Waals surface area contributed by atoms with Crippen molar-refractivity contribution in [3.63, 3.8) is 0 Å². The molecule has 1 radical (unpaired) electrons. The second kappa shape index (κ2) is 7.47. The van der Waals surface area contributed by atoms with Gasteiger partial charge in [0.2, 0.25) is 0 Å². The lowest BCUT2D eigenvalue weighted by Gasteiger charge is -2.32. The van der Waals surface area contributed by atoms with E-state index < -0.39 is 0 Å². The van der Waals surface area contributed by atoms with Crippen molar-refractivity contribution in [2.45, 2.75) is 77.9 Å². The molecular formula is C12H26B. The molecule has 0 saturated carbocycles. The Morgan fingerprint density at radius 3 is 1.69 bits per heavy atom. The molecule has 0 fully saturated rings. The van der Waals surface area contributed by atoms with Crippen LogP contribution in [0.25, 0.3) is 0 Å². The van der Waals surface area contributed by atoms with E-state index in [1.54, 1.807) is 0 Å². The van der Waals surface area contributed by atoms with Crippen molar-refractivity contribution in [2.75, 3.05) is 0 Å². The molecular weight excluding hydrogens is 155 g/mol. The van der Waals surface area contributed by atoms with Crippen molar-refractivity contribution in [1.29, 1.82) is 0 Å². The SMILES string of the molecule is C[B]C(CCC)(CCC)CCCC. The molecule has 0 saturated heterocycles. The van der Waals surface area contributed by atoms with Crippen LogP contribution in [0.5, 0.6) is 0 Å². The molecule has 13 heavy (non-hydrogen) atoms. The molecule has 1 heteroatoms. The minimum Gasteiger partial charge on any atom is -0.0914 e. The van der Waals surface area contributed by atoms with Crippen LogP contribution in [0, 0.1) is 0 Å². The van der Waals surface area contributed by atoms with Crippen LogP contribution in [0.4, 0.5) is 0 Å². The van der Waals surface area contributed by atoms with Gasteiger partial charge in [-0.1, -0.05) is 77.9 Å². The molecule has 0 aliphatic heterocycles. The van der Waals surface area contributed by atoms with E-state index in [-0.39, 0.29) is 0 Å². The Kier molecular flexibility index (Phi) is 7.50. The van der Waals surface area contributed by atoms with Crippen LogP contribution in [0.3, 0.4) is 0 Å². The first-order valence-electron chi connectivity index (χ1n) is 6.05. The molecule has 77 valence electrons. The summed E-state index contributed by atoms with van der Waals surface area (Å²) >= 11 is 0. The molecule has 0 heterocycles. The Balaban J connectivity index is 4.07. The zero-order valence-corrected chi connectivity index (χ0v) is 10.0. The average Bonchev–Trinajstić information content (AvgIpc) is 2.15. The fourth-order valence-corrected chi connectivity index (χ4v) is 2.33. The summed E-state index contributed by atoms with van der Waals surface area (Å²) < 4.78 is 0. The van der Waals surface area contributed by atoms with Crippen LogP contribution < -0.4 is 0 Å². The van der Waals surface area contributed by atoms with Crippen LogP contribution in [-0.4, -0.2) is 7.28 Å². The molecule has 0 aromatic rings. The van der Waals surface area contributed by atoms with Gasteiger partial charge in [-0.3, -0.25) is 0 Å². The maximum atomic E-state index is 2.47. The zero-order chi connectivity index (χ0) is 10.2. The summed E-state index contributed by atoms with van der Waals surface area (Å²) in [4.78, 5) is 0. The van der Waals surface area contributed by atoms with Crippen molar-refractivity contribution in [3.8, 4) is 0 Å². The normalized spacial score (nSPS) is 11.7. The summed E-state index contributed by atoms with van der Waals surface area (Å²) in [6, 6.07) is 0. The van der Waals surface area contributed by atoms with Gasteiger partial charge < -0.3 is 0 Å². The Morgan fingerprint density at radius 2 is 1.38 bits per heavy atom. The predicted molar refractivity (Wildman–Crippen MR) is 63.7 cm³/mol. The van der Waals surface area contributed by atoms with Gasteiger partial charge in [0.1, 0.15) is 7.28 Å². The Morgan fingerprint density at radius 1 is 0.846 bits per heavy atom. The molecule has 0 unspecified atom stereocenters. The van der Waals surface area contributed by atoms with E-state index >= 15 is 0 Å². The van der Waals surface area contributed by atoms with Crippen LogP contribution in [0.15, 0.2) is 0 Å². The third-order valence-corrected chi connectivity index (χ3v) is 3.14. The fraction of sp³-hybridized carbons (Fsp3) is 1.00. The van der Waals surface area contributed by atoms with Crippen molar-refractivity contribution < 1.29 is 0 Å². The van der Waals surface area contributed by atoms with Gasteiger partial charge in [-0.25, -0.2) is 0 Å². The minimum atomic E-state index is 0.569. The maximum absolute atomic E-state index is 2.47. The summed E-state index contributed by atoms with van der Waals surface area (Å²) in [6.45, 7) is 9.15. The molecule has 0 spiro atoms. The number of hydrogen-bond acceptors (Lipinski definition) is 0. The average molecular weight is 181 g/mol. The van der Waals surface area contributed by atoms with Crippen molar-refractivity contribution in [3.05, 3.63) is 0 Å². The highest BCUT2D eigenvalue weighted by atomic mass is 14.2. The molecule has 0 aliphatic carbocycles. The van der Waals surface area contributed by atoms with Crippen LogP contribution >= 0.6 is 0 Å². The smallest absolute Gasteiger partial charge is 0.0914 e. The molecule has 0 nitrogen and oxygen atoms in total. The molecule has 0 N–H and O–H groups in total. The monoisotopic (exact) mass is 181 g/mol. The van der Waals surface area contributed by atoms with E-state index in [0.29, 0.717) is 5.31 Å². The van der Waals surface area contributed by atoms with E-state index in [9.17, 15) is 0 Å². The lowest BCUT2D eigenvalue weighted by atomic mass is 9.48. The molecule has 0 atom stereocenters. The highest BCUT2D eigenvalue weighted by Crippen LogP contribution is 2.41. The van der Waals surface area contributed by atoms with E-state index in [1.807, 2.05) is 0 Å². The molecule has 0 aromatic carbocycles. The summed E-state index contributed by atoms with van der Waals surface area (Å²) in [5, 5.41) is 0.569. The molecule has 0 aromatic heterocycles. The predicted octanol–water partition coefficient (Wildman–Crippen LogP) is 4.69.